The lowest BCUT2D eigenvalue weighted by molar-refractivity contribution is -0.158. The van der Waals surface area contributed by atoms with E-state index in [-0.39, 0.29) is 13.0 Å². The fourth-order valence-corrected chi connectivity index (χ4v) is 3.37. The van der Waals surface area contributed by atoms with Crippen LogP contribution < -0.4 is 22.3 Å². The number of carbonyl (C=O) groups excluding carboxylic acids is 2. The van der Waals surface area contributed by atoms with Crippen LogP contribution in [0.5, 0.6) is 0 Å². The van der Waals surface area contributed by atoms with Gasteiger partial charge in [0.25, 0.3) is 5.56 Å². The Kier molecular flexibility index (Phi) is 8.40. The van der Waals surface area contributed by atoms with Crippen molar-refractivity contribution in [3.8, 4) is 0 Å². The summed E-state index contributed by atoms with van der Waals surface area (Å²) < 4.78 is 25.0. The molecule has 0 bridgehead atoms. The number of nitrogens with one attached hydrogen (secondary N) is 2. The summed E-state index contributed by atoms with van der Waals surface area (Å²) in [6.07, 6.45) is -0.223. The number of hydrogen-bond acceptors (Lipinski definition) is 9. The number of esters is 1. The first-order valence-corrected chi connectivity index (χ1v) is 10.9. The maximum Gasteiger partial charge on any atom is 0.331 e. The maximum atomic E-state index is 13.5. The minimum Gasteiger partial charge on any atom is -0.461 e. The summed E-state index contributed by atoms with van der Waals surface area (Å²) >= 11 is 1.55. The number of aromatic amines is 1. The van der Waals surface area contributed by atoms with Crippen LogP contribution >= 0.6 is 11.8 Å². The molecule has 5 N–H and O–H groups in total. The molecule has 13 heteroatoms. The number of nitrogens with two attached hydrogens (primary N) is 1. The summed E-state index contributed by atoms with van der Waals surface area (Å²) in [6.45, 7) is 2.53. The number of aliphatic hydroxyl groups is 1. The Morgan fingerprint density at radius 2 is 2.19 bits per heavy atom. The monoisotopic (exact) mass is 462 g/mol. The summed E-state index contributed by atoms with van der Waals surface area (Å²) in [4.78, 5) is 49.4. The van der Waals surface area contributed by atoms with Gasteiger partial charge in [-0.1, -0.05) is 0 Å². The van der Waals surface area contributed by atoms with Crippen LogP contribution in [0.3, 0.4) is 0 Å². The Hall–Kier alpha value is -2.22. The van der Waals surface area contributed by atoms with E-state index >= 15 is 0 Å². The molecule has 0 spiro atoms. The van der Waals surface area contributed by atoms with Crippen molar-refractivity contribution in [3.05, 3.63) is 32.9 Å². The quantitative estimate of drug-likeness (QED) is 0.331. The largest absolute Gasteiger partial charge is 0.461 e. The molecule has 1 aromatic rings. The first kappa shape index (κ1) is 25.0. The van der Waals surface area contributed by atoms with Crippen LogP contribution in [0.2, 0.25) is 0 Å². The van der Waals surface area contributed by atoms with Crippen LogP contribution in [-0.4, -0.2) is 68.9 Å². The van der Waals surface area contributed by atoms with Crippen LogP contribution in [0.15, 0.2) is 15.8 Å². The average molecular weight is 463 g/mol. The van der Waals surface area contributed by atoms with E-state index < -0.39 is 59.0 Å². The van der Waals surface area contributed by atoms with Gasteiger partial charge < -0.3 is 25.6 Å². The van der Waals surface area contributed by atoms with E-state index in [2.05, 4.69) is 5.32 Å². The zero-order valence-electron chi connectivity index (χ0n) is 17.4. The van der Waals surface area contributed by atoms with E-state index in [9.17, 15) is 28.7 Å². The van der Waals surface area contributed by atoms with Gasteiger partial charge in [-0.3, -0.25) is 19.1 Å². The molecule has 1 fully saturated rings. The van der Waals surface area contributed by atoms with Crippen molar-refractivity contribution in [1.29, 1.82) is 0 Å². The summed E-state index contributed by atoms with van der Waals surface area (Å²) in [5.41, 5.74) is 2.35. The summed E-state index contributed by atoms with van der Waals surface area (Å²) in [6, 6.07) is -0.767. The molecule has 1 aromatic heterocycles. The number of ether oxygens (including phenoxy) is 2. The molecule has 0 saturated carbocycles. The van der Waals surface area contributed by atoms with E-state index in [1.807, 2.05) is 6.26 Å². The molecule has 11 nitrogen and oxygen atoms in total. The molecule has 4 atom stereocenters. The van der Waals surface area contributed by atoms with Gasteiger partial charge >= 0.3 is 11.7 Å². The van der Waals surface area contributed by atoms with Crippen molar-refractivity contribution in [1.82, 2.24) is 14.9 Å². The van der Waals surface area contributed by atoms with Crippen molar-refractivity contribution in [3.63, 3.8) is 0 Å². The van der Waals surface area contributed by atoms with Gasteiger partial charge in [0.05, 0.1) is 18.3 Å². The van der Waals surface area contributed by atoms with Crippen molar-refractivity contribution in [2.45, 2.75) is 56.7 Å². The lowest BCUT2D eigenvalue weighted by Crippen LogP contribution is -2.55. The predicted molar refractivity (Wildman–Crippen MR) is 110 cm³/mol. The highest BCUT2D eigenvalue weighted by molar-refractivity contribution is 7.98. The third kappa shape index (κ3) is 6.38. The number of amides is 1. The minimum absolute atomic E-state index is 0.0853. The highest BCUT2D eigenvalue weighted by atomic mass is 32.2. The molecule has 0 radical (unpaired) electrons. The first-order valence-electron chi connectivity index (χ1n) is 9.54. The third-order valence-corrected chi connectivity index (χ3v) is 5.38. The number of halogens is 1. The molecule has 0 aliphatic carbocycles. The maximum absolute atomic E-state index is 13.5. The smallest absolute Gasteiger partial charge is 0.331 e. The van der Waals surface area contributed by atoms with Crippen LogP contribution in [-0.2, 0) is 19.1 Å². The second-order valence-corrected chi connectivity index (χ2v) is 8.66. The fourth-order valence-electron chi connectivity index (χ4n) is 2.88. The Balaban J connectivity index is 1.94. The lowest BCUT2D eigenvalue weighted by atomic mass is 10.0. The normalized spacial score (nSPS) is 22.2. The number of carbonyl (C=O) groups is 2. The van der Waals surface area contributed by atoms with Gasteiger partial charge in [-0.05, 0) is 32.3 Å². The standard InChI is InChI=1S/C18H27FN4O7S/c1-18(2,22-15(26)10(20)4-5-31-3)16(27)29-8-12-11(24)6-13(30-12)23-7-9(19)14(25)21-17(23)28/h7,10-13,24H,4-6,8,20H2,1-3H3,(H,22,26)(H,21,25,28)/t10-,11-,12+,13+/m0/s1. The van der Waals surface area contributed by atoms with E-state index in [1.165, 1.54) is 13.8 Å². The molecule has 1 aliphatic heterocycles. The van der Waals surface area contributed by atoms with E-state index in [1.54, 1.807) is 16.7 Å². The van der Waals surface area contributed by atoms with Crippen molar-refractivity contribution in [2.24, 2.45) is 5.73 Å². The summed E-state index contributed by atoms with van der Waals surface area (Å²) in [5.74, 6) is -1.75. The van der Waals surface area contributed by atoms with Gasteiger partial charge in [0.15, 0.2) is 0 Å². The summed E-state index contributed by atoms with van der Waals surface area (Å²) in [5, 5.41) is 12.7. The Morgan fingerprint density at radius 1 is 1.52 bits per heavy atom. The number of thioether (sulfide) groups is 1. The molecular weight excluding hydrogens is 435 g/mol. The van der Waals surface area contributed by atoms with Gasteiger partial charge in [0, 0.05) is 6.42 Å². The van der Waals surface area contributed by atoms with Crippen LogP contribution in [0.1, 0.15) is 32.9 Å². The molecule has 0 aromatic carbocycles. The number of H-pyrrole nitrogens is 1. The summed E-state index contributed by atoms with van der Waals surface area (Å²) in [7, 11) is 0. The zero-order valence-corrected chi connectivity index (χ0v) is 18.2. The van der Waals surface area contributed by atoms with Gasteiger partial charge in [-0.15, -0.1) is 0 Å². The van der Waals surface area contributed by atoms with E-state index in [4.69, 9.17) is 15.2 Å². The minimum atomic E-state index is -1.38. The molecule has 174 valence electrons. The molecule has 0 unspecified atom stereocenters. The number of rotatable bonds is 9. The Labute approximate surface area is 181 Å². The highest BCUT2D eigenvalue weighted by Gasteiger charge is 2.38. The molecule has 1 saturated heterocycles. The molecule has 1 aliphatic rings. The highest BCUT2D eigenvalue weighted by Crippen LogP contribution is 2.28. The number of nitrogens with zero attached hydrogens (tertiary/aromatic N) is 1. The van der Waals surface area contributed by atoms with Gasteiger partial charge in [-0.25, -0.2) is 9.59 Å². The third-order valence-electron chi connectivity index (χ3n) is 4.73. The SMILES string of the molecule is CSCC[C@H](N)C(=O)NC(C)(C)C(=O)OC[C@H]1O[C@@H](n2cc(F)c(=O)[nH]c2=O)C[C@@H]1O. The number of hydrogen-bond donors (Lipinski definition) is 4. The zero-order chi connectivity index (χ0) is 23.3. The number of aliphatic hydroxyl groups excluding tert-OH is 1. The van der Waals surface area contributed by atoms with Crippen molar-refractivity contribution >= 4 is 23.6 Å². The topological polar surface area (TPSA) is 166 Å². The number of aromatic nitrogens is 2. The van der Waals surface area contributed by atoms with Gasteiger partial charge in [0.2, 0.25) is 11.7 Å². The van der Waals surface area contributed by atoms with Gasteiger partial charge in [-0.2, -0.15) is 16.2 Å². The molecule has 31 heavy (non-hydrogen) atoms. The van der Waals surface area contributed by atoms with Crippen molar-refractivity contribution in [2.75, 3.05) is 18.6 Å². The fraction of sp³-hybridized carbons (Fsp3) is 0.667. The second-order valence-electron chi connectivity index (χ2n) is 7.68. The van der Waals surface area contributed by atoms with Crippen LogP contribution in [0, 0.1) is 5.82 Å². The van der Waals surface area contributed by atoms with Crippen LogP contribution in [0.4, 0.5) is 4.39 Å². The van der Waals surface area contributed by atoms with Crippen LogP contribution in [0.25, 0.3) is 0 Å². The van der Waals surface area contributed by atoms with E-state index in [0.717, 1.165) is 4.57 Å². The average Bonchev–Trinajstić information content (AvgIpc) is 3.06. The Bertz CT molecular complexity index is 919. The molecule has 1 amide bonds. The lowest BCUT2D eigenvalue weighted by Gasteiger charge is -2.26. The predicted octanol–water partition coefficient (Wildman–Crippen LogP) is -1.16. The molecular formula is C18H27FN4O7S. The second kappa shape index (κ2) is 10.4. The van der Waals surface area contributed by atoms with Crippen molar-refractivity contribution < 1.29 is 28.6 Å². The first-order chi connectivity index (χ1) is 14.5. The Morgan fingerprint density at radius 3 is 2.84 bits per heavy atom. The van der Waals surface area contributed by atoms with Gasteiger partial charge in [0.1, 0.15) is 24.5 Å². The van der Waals surface area contributed by atoms with E-state index in [0.29, 0.717) is 18.4 Å². The molecule has 2 rings (SSSR count). The molecule has 2 heterocycles.